The Labute approximate surface area is 147 Å². The summed E-state index contributed by atoms with van der Waals surface area (Å²) in [5.41, 5.74) is 1.01. The quantitative estimate of drug-likeness (QED) is 0.770. The Bertz CT molecular complexity index is 907. The van der Waals surface area contributed by atoms with Crippen LogP contribution in [0.3, 0.4) is 0 Å². The number of hydrogen-bond donors (Lipinski definition) is 0. The predicted octanol–water partition coefficient (Wildman–Crippen LogP) is 3.32. The number of hydrogen-bond acceptors (Lipinski definition) is 4. The second-order valence-corrected chi connectivity index (χ2v) is 8.85. The van der Waals surface area contributed by atoms with E-state index in [1.54, 1.807) is 6.07 Å². The highest BCUT2D eigenvalue weighted by molar-refractivity contribution is 9.10. The fourth-order valence-corrected chi connectivity index (χ4v) is 3.97. The van der Waals surface area contributed by atoms with E-state index >= 15 is 0 Å². The molecule has 5 nitrogen and oxygen atoms in total. The van der Waals surface area contributed by atoms with Crippen molar-refractivity contribution in [2.24, 2.45) is 0 Å². The molecular formula is C16H15BrFNO4S. The van der Waals surface area contributed by atoms with E-state index in [9.17, 15) is 17.6 Å². The summed E-state index contributed by atoms with van der Waals surface area (Å²) < 4.78 is 43.0. The lowest BCUT2D eigenvalue weighted by Crippen LogP contribution is -2.36. The highest BCUT2D eigenvalue weighted by Gasteiger charge is 2.29. The number of sulfone groups is 1. The van der Waals surface area contributed by atoms with Gasteiger partial charge in [-0.15, -0.1) is 0 Å². The highest BCUT2D eigenvalue weighted by atomic mass is 79.9. The molecule has 0 saturated carbocycles. The molecule has 0 fully saturated rings. The first-order chi connectivity index (χ1) is 11.2. The number of amides is 1. The summed E-state index contributed by atoms with van der Waals surface area (Å²) in [6.45, 7) is 0.381. The van der Waals surface area contributed by atoms with Crippen molar-refractivity contribution in [3.05, 3.63) is 51.6 Å². The minimum atomic E-state index is -3.26. The minimum absolute atomic E-state index is 0.00354. The summed E-state index contributed by atoms with van der Waals surface area (Å²) in [4.78, 5) is 14.0. The first-order valence-electron chi connectivity index (χ1n) is 7.31. The molecular weight excluding hydrogens is 401 g/mol. The van der Waals surface area contributed by atoms with Crippen molar-refractivity contribution < 1.29 is 22.0 Å². The van der Waals surface area contributed by atoms with Crippen LogP contribution >= 0.6 is 15.9 Å². The van der Waals surface area contributed by atoms with Crippen molar-refractivity contribution in [1.29, 1.82) is 0 Å². The summed E-state index contributed by atoms with van der Waals surface area (Å²) in [6, 6.07) is 6.00. The number of furan rings is 1. The van der Waals surface area contributed by atoms with Gasteiger partial charge in [-0.3, -0.25) is 4.79 Å². The number of carbonyl (C=O) groups excluding carboxylic acids is 1. The van der Waals surface area contributed by atoms with Gasteiger partial charge >= 0.3 is 0 Å². The molecule has 3 rings (SSSR count). The van der Waals surface area contributed by atoms with Crippen molar-refractivity contribution >= 4 is 37.4 Å². The second kappa shape index (κ2) is 6.33. The zero-order valence-electron chi connectivity index (χ0n) is 12.9. The molecule has 1 aromatic heterocycles. The third-order valence-electron chi connectivity index (χ3n) is 3.73. The highest BCUT2D eigenvalue weighted by Crippen LogP contribution is 2.34. The Kier molecular flexibility index (Phi) is 4.52. The van der Waals surface area contributed by atoms with Gasteiger partial charge in [-0.1, -0.05) is 15.9 Å². The van der Waals surface area contributed by atoms with E-state index in [0.29, 0.717) is 23.9 Å². The van der Waals surface area contributed by atoms with Crippen molar-refractivity contribution in [2.45, 2.75) is 18.6 Å². The van der Waals surface area contributed by atoms with Gasteiger partial charge in [0.1, 0.15) is 17.3 Å². The minimum Gasteiger partial charge on any atom is -0.455 e. The molecule has 0 spiro atoms. The number of benzene rings is 1. The average Bonchev–Trinajstić information content (AvgIpc) is 2.91. The number of aryl methyl sites for hydroxylation is 1. The van der Waals surface area contributed by atoms with Crippen LogP contribution in [0.25, 0.3) is 0 Å². The molecule has 8 heteroatoms. The third kappa shape index (κ3) is 3.54. The molecule has 2 aromatic rings. The number of rotatable bonds is 3. The van der Waals surface area contributed by atoms with Gasteiger partial charge in [0.15, 0.2) is 15.6 Å². The van der Waals surface area contributed by atoms with E-state index in [0.717, 1.165) is 11.8 Å². The Morgan fingerprint density at radius 3 is 2.83 bits per heavy atom. The summed E-state index contributed by atoms with van der Waals surface area (Å²) in [5.74, 6) is -1.04. The van der Waals surface area contributed by atoms with E-state index < -0.39 is 21.6 Å². The van der Waals surface area contributed by atoms with Gasteiger partial charge in [-0.25, -0.2) is 12.8 Å². The van der Waals surface area contributed by atoms with Crippen molar-refractivity contribution in [1.82, 2.24) is 0 Å². The molecule has 0 N–H and O–H groups in total. The Balaban J connectivity index is 1.93. The first kappa shape index (κ1) is 17.2. The molecule has 24 heavy (non-hydrogen) atoms. The number of fused-ring (bicyclic) bond motifs is 1. The van der Waals surface area contributed by atoms with Crippen LogP contribution in [0, 0.1) is 5.82 Å². The van der Waals surface area contributed by atoms with Gasteiger partial charge in [0.25, 0.3) is 5.91 Å². The third-order valence-corrected chi connectivity index (χ3v) is 4.99. The van der Waals surface area contributed by atoms with Crippen LogP contribution in [-0.4, -0.2) is 27.1 Å². The van der Waals surface area contributed by atoms with Gasteiger partial charge in [0.05, 0.1) is 5.69 Å². The maximum Gasteiger partial charge on any atom is 0.294 e. The van der Waals surface area contributed by atoms with Crippen LogP contribution in [-0.2, 0) is 22.0 Å². The molecule has 0 radical (unpaired) electrons. The van der Waals surface area contributed by atoms with Gasteiger partial charge in [-0.2, -0.15) is 0 Å². The van der Waals surface area contributed by atoms with Gasteiger partial charge in [0.2, 0.25) is 0 Å². The molecule has 0 bridgehead atoms. The average molecular weight is 416 g/mol. The van der Waals surface area contributed by atoms with Crippen LogP contribution in [0.1, 0.15) is 28.3 Å². The molecule has 2 heterocycles. The van der Waals surface area contributed by atoms with Crippen molar-refractivity contribution in [2.75, 3.05) is 17.7 Å². The molecule has 0 unspecified atom stereocenters. The standard InChI is InChI=1S/C16H15BrFNO4S/c1-24(21,22)9-12-4-5-14(23-12)16(20)19-6-2-3-10-7-11(17)8-13(18)15(10)19/h4-5,7-8H,2-3,6,9H2,1H3. The number of anilines is 1. The van der Waals surface area contributed by atoms with Gasteiger partial charge in [0, 0.05) is 17.3 Å². The van der Waals surface area contributed by atoms with E-state index in [1.807, 2.05) is 0 Å². The van der Waals surface area contributed by atoms with Crippen molar-refractivity contribution in [3.8, 4) is 0 Å². The molecule has 1 aromatic carbocycles. The van der Waals surface area contributed by atoms with Crippen molar-refractivity contribution in [3.63, 3.8) is 0 Å². The van der Waals surface area contributed by atoms with E-state index in [2.05, 4.69) is 15.9 Å². The maximum absolute atomic E-state index is 14.4. The number of halogens is 2. The fourth-order valence-electron chi connectivity index (χ4n) is 2.82. The zero-order chi connectivity index (χ0) is 17.5. The number of carbonyl (C=O) groups is 1. The fraction of sp³-hybridized carbons (Fsp3) is 0.312. The molecule has 1 aliphatic rings. The normalized spacial score (nSPS) is 14.5. The Morgan fingerprint density at radius 1 is 1.38 bits per heavy atom. The smallest absolute Gasteiger partial charge is 0.294 e. The maximum atomic E-state index is 14.4. The Morgan fingerprint density at radius 2 is 2.12 bits per heavy atom. The molecule has 0 saturated heterocycles. The lowest BCUT2D eigenvalue weighted by atomic mass is 10.0. The van der Waals surface area contributed by atoms with Crippen LogP contribution in [0.5, 0.6) is 0 Å². The van der Waals surface area contributed by atoms with Crippen LogP contribution in [0.15, 0.2) is 33.2 Å². The largest absolute Gasteiger partial charge is 0.455 e. The zero-order valence-corrected chi connectivity index (χ0v) is 15.3. The topological polar surface area (TPSA) is 67.6 Å². The molecule has 1 aliphatic heterocycles. The van der Waals surface area contributed by atoms with Crippen LogP contribution in [0.4, 0.5) is 10.1 Å². The van der Waals surface area contributed by atoms with Gasteiger partial charge in [-0.05, 0) is 42.7 Å². The van der Waals surface area contributed by atoms with E-state index in [-0.39, 0.29) is 23.0 Å². The summed E-state index contributed by atoms with van der Waals surface area (Å²) in [7, 11) is -3.26. The SMILES string of the molecule is CS(=O)(=O)Cc1ccc(C(=O)N2CCCc3cc(Br)cc(F)c32)o1. The van der Waals surface area contributed by atoms with E-state index in [1.165, 1.54) is 23.1 Å². The van der Waals surface area contributed by atoms with Crippen LogP contribution < -0.4 is 4.90 Å². The predicted molar refractivity (Wildman–Crippen MR) is 91.4 cm³/mol. The summed E-state index contributed by atoms with van der Waals surface area (Å²) in [5, 5.41) is 0. The molecule has 128 valence electrons. The van der Waals surface area contributed by atoms with E-state index in [4.69, 9.17) is 4.42 Å². The first-order valence-corrected chi connectivity index (χ1v) is 10.2. The molecule has 0 aliphatic carbocycles. The Hall–Kier alpha value is -1.67. The second-order valence-electron chi connectivity index (χ2n) is 5.79. The summed E-state index contributed by atoms with van der Waals surface area (Å²) >= 11 is 3.26. The molecule has 0 atom stereocenters. The monoisotopic (exact) mass is 415 g/mol. The van der Waals surface area contributed by atoms with Gasteiger partial charge < -0.3 is 9.32 Å². The lowest BCUT2D eigenvalue weighted by molar-refractivity contribution is 0.0956. The number of nitrogens with zero attached hydrogens (tertiary/aromatic N) is 1. The molecule has 1 amide bonds. The van der Waals surface area contributed by atoms with Crippen LogP contribution in [0.2, 0.25) is 0 Å². The summed E-state index contributed by atoms with van der Waals surface area (Å²) in [6.07, 6.45) is 2.49. The lowest BCUT2D eigenvalue weighted by Gasteiger charge is -2.29.